The van der Waals surface area contributed by atoms with Crippen molar-refractivity contribution in [1.29, 1.82) is 0 Å². The van der Waals surface area contributed by atoms with E-state index in [-0.39, 0.29) is 21.8 Å². The van der Waals surface area contributed by atoms with Crippen LogP contribution < -0.4 is 5.32 Å². The summed E-state index contributed by atoms with van der Waals surface area (Å²) in [6.07, 6.45) is 4.58. The fourth-order valence-electron chi connectivity index (χ4n) is 2.00. The van der Waals surface area contributed by atoms with Crippen molar-refractivity contribution in [3.63, 3.8) is 0 Å². The molecule has 1 aliphatic rings. The average molecular weight is 243 g/mol. The van der Waals surface area contributed by atoms with E-state index in [1.165, 1.54) is 0 Å². The molecule has 3 nitrogen and oxygen atoms in total. The summed E-state index contributed by atoms with van der Waals surface area (Å²) in [5.41, 5.74) is 0. The molecule has 1 heterocycles. The second-order valence-corrected chi connectivity index (χ2v) is 5.85. The Morgan fingerprint density at radius 1 is 1.25 bits per heavy atom. The first-order valence-electron chi connectivity index (χ1n) is 6.12. The summed E-state index contributed by atoms with van der Waals surface area (Å²) in [4.78, 5) is 23.5. The van der Waals surface area contributed by atoms with Gasteiger partial charge in [-0.1, -0.05) is 33.6 Å². The number of nitrogens with one attached hydrogen (secondary N) is 1. The molecule has 0 saturated carbocycles. The maximum Gasteiger partial charge on any atom is 0.242 e. The molecule has 0 aromatic rings. The highest BCUT2D eigenvalue weighted by Crippen LogP contribution is 2.40. The summed E-state index contributed by atoms with van der Waals surface area (Å²) >= 11 is 1.57. The zero-order valence-electron chi connectivity index (χ0n) is 10.3. The molecule has 0 radical (unpaired) electrons. The number of carbonyl (C=O) groups excluding carboxylic acids is 2. The number of thioether (sulfide) groups is 1. The first kappa shape index (κ1) is 13.6. The van der Waals surface area contributed by atoms with Crippen LogP contribution in [-0.4, -0.2) is 21.8 Å². The van der Waals surface area contributed by atoms with Gasteiger partial charge >= 0.3 is 0 Å². The van der Waals surface area contributed by atoms with E-state index in [0.717, 1.165) is 32.1 Å². The summed E-state index contributed by atoms with van der Waals surface area (Å²) in [5.74, 6) is -0.193. The first-order chi connectivity index (χ1) is 7.59. The minimum Gasteiger partial charge on any atom is -0.294 e. The highest BCUT2D eigenvalue weighted by molar-refractivity contribution is 8.02. The van der Waals surface area contributed by atoms with Gasteiger partial charge in [0.2, 0.25) is 11.8 Å². The van der Waals surface area contributed by atoms with Gasteiger partial charge in [0.05, 0.1) is 10.00 Å². The standard InChI is InChI=1S/C12H21NO2S/c1-4-7-8-9-10(14)13-11(15)12(5-2,6-3)16-9/h9H,4-8H2,1-3H3,(H,13,14,15)/t9-/m1/s1. The molecule has 2 amide bonds. The van der Waals surface area contributed by atoms with Gasteiger partial charge in [0, 0.05) is 0 Å². The highest BCUT2D eigenvalue weighted by atomic mass is 32.2. The van der Waals surface area contributed by atoms with Gasteiger partial charge in [0.15, 0.2) is 0 Å². The van der Waals surface area contributed by atoms with E-state index in [2.05, 4.69) is 12.2 Å². The van der Waals surface area contributed by atoms with Crippen LogP contribution in [0.2, 0.25) is 0 Å². The van der Waals surface area contributed by atoms with Crippen molar-refractivity contribution in [2.24, 2.45) is 0 Å². The zero-order chi connectivity index (χ0) is 12.2. The molecule has 1 N–H and O–H groups in total. The van der Waals surface area contributed by atoms with Crippen molar-refractivity contribution in [2.45, 2.75) is 62.9 Å². The van der Waals surface area contributed by atoms with Crippen LogP contribution in [0.15, 0.2) is 0 Å². The summed E-state index contributed by atoms with van der Waals surface area (Å²) < 4.78 is -0.383. The molecule has 0 aromatic heterocycles. The van der Waals surface area contributed by atoms with Gasteiger partial charge < -0.3 is 0 Å². The number of unbranched alkanes of at least 4 members (excludes halogenated alkanes) is 1. The highest BCUT2D eigenvalue weighted by Gasteiger charge is 2.44. The summed E-state index contributed by atoms with van der Waals surface area (Å²) in [5, 5.41) is 2.49. The molecule has 0 spiro atoms. The third kappa shape index (κ3) is 2.59. The molecule has 16 heavy (non-hydrogen) atoms. The number of amides is 2. The lowest BCUT2D eigenvalue weighted by atomic mass is 10.0. The smallest absolute Gasteiger partial charge is 0.242 e. The van der Waals surface area contributed by atoms with Crippen LogP contribution in [0.4, 0.5) is 0 Å². The normalized spacial score (nSPS) is 24.3. The molecule has 0 aliphatic carbocycles. The lowest BCUT2D eigenvalue weighted by Crippen LogP contribution is -2.55. The van der Waals surface area contributed by atoms with E-state index in [1.807, 2.05) is 13.8 Å². The van der Waals surface area contributed by atoms with Crippen LogP contribution in [-0.2, 0) is 9.59 Å². The Morgan fingerprint density at radius 2 is 1.88 bits per heavy atom. The van der Waals surface area contributed by atoms with Crippen LogP contribution in [0.5, 0.6) is 0 Å². The zero-order valence-corrected chi connectivity index (χ0v) is 11.2. The van der Waals surface area contributed by atoms with Gasteiger partial charge in [-0.25, -0.2) is 0 Å². The van der Waals surface area contributed by atoms with Crippen LogP contribution in [0.25, 0.3) is 0 Å². The van der Waals surface area contributed by atoms with Crippen molar-refractivity contribution >= 4 is 23.6 Å². The topological polar surface area (TPSA) is 46.2 Å². The van der Waals surface area contributed by atoms with E-state index < -0.39 is 0 Å². The van der Waals surface area contributed by atoms with Gasteiger partial charge in [-0.2, -0.15) is 0 Å². The predicted octanol–water partition coefficient (Wildman–Crippen LogP) is 2.49. The molecule has 4 heteroatoms. The Bertz CT molecular complexity index is 274. The van der Waals surface area contributed by atoms with Gasteiger partial charge in [0.1, 0.15) is 0 Å². The molecule has 1 fully saturated rings. The van der Waals surface area contributed by atoms with Crippen LogP contribution in [0.3, 0.4) is 0 Å². The molecule has 1 aliphatic heterocycles. The fraction of sp³-hybridized carbons (Fsp3) is 0.833. The molecule has 0 unspecified atom stereocenters. The van der Waals surface area contributed by atoms with Crippen molar-refractivity contribution in [1.82, 2.24) is 5.32 Å². The molecule has 1 saturated heterocycles. The van der Waals surface area contributed by atoms with E-state index in [9.17, 15) is 9.59 Å². The van der Waals surface area contributed by atoms with Gasteiger partial charge in [-0.15, -0.1) is 11.8 Å². The van der Waals surface area contributed by atoms with Crippen molar-refractivity contribution in [3.8, 4) is 0 Å². The number of rotatable bonds is 5. The first-order valence-corrected chi connectivity index (χ1v) is 7.00. The van der Waals surface area contributed by atoms with E-state index in [0.29, 0.717) is 0 Å². The minimum absolute atomic E-state index is 0.0439. The van der Waals surface area contributed by atoms with Gasteiger partial charge in [-0.05, 0) is 19.3 Å². The quantitative estimate of drug-likeness (QED) is 0.755. The predicted molar refractivity (Wildman–Crippen MR) is 67.4 cm³/mol. The molecule has 0 aromatic carbocycles. The Kier molecular flexibility index (Phi) is 4.84. The minimum atomic E-state index is -0.383. The molecule has 92 valence electrons. The Balaban J connectivity index is 2.75. The van der Waals surface area contributed by atoms with Gasteiger partial charge in [0.25, 0.3) is 0 Å². The van der Waals surface area contributed by atoms with Crippen LogP contribution in [0.1, 0.15) is 52.9 Å². The number of hydrogen-bond acceptors (Lipinski definition) is 3. The molecular formula is C12H21NO2S. The number of imide groups is 1. The summed E-state index contributed by atoms with van der Waals surface area (Å²) in [7, 11) is 0. The van der Waals surface area contributed by atoms with Crippen LogP contribution in [0, 0.1) is 0 Å². The molecule has 0 bridgehead atoms. The largest absolute Gasteiger partial charge is 0.294 e. The monoisotopic (exact) mass is 243 g/mol. The maximum atomic E-state index is 11.9. The SMILES string of the molecule is CCCC[C@H]1SC(CC)(CC)C(=O)NC1=O. The lowest BCUT2D eigenvalue weighted by molar-refractivity contribution is -0.132. The van der Waals surface area contributed by atoms with Crippen molar-refractivity contribution in [2.75, 3.05) is 0 Å². The third-order valence-corrected chi connectivity index (χ3v) is 5.22. The lowest BCUT2D eigenvalue weighted by Gasteiger charge is -2.37. The van der Waals surface area contributed by atoms with Crippen molar-refractivity contribution < 1.29 is 9.59 Å². The molecule has 1 rings (SSSR count). The van der Waals surface area contributed by atoms with Crippen molar-refractivity contribution in [3.05, 3.63) is 0 Å². The Morgan fingerprint density at radius 3 is 2.38 bits per heavy atom. The van der Waals surface area contributed by atoms with Crippen LogP contribution >= 0.6 is 11.8 Å². The Labute approximate surface area is 102 Å². The number of hydrogen-bond donors (Lipinski definition) is 1. The van der Waals surface area contributed by atoms with E-state index >= 15 is 0 Å². The average Bonchev–Trinajstić information content (AvgIpc) is 2.29. The fourth-order valence-corrected chi connectivity index (χ4v) is 3.49. The van der Waals surface area contributed by atoms with Gasteiger partial charge in [-0.3, -0.25) is 14.9 Å². The second kappa shape index (κ2) is 5.71. The van der Waals surface area contributed by atoms with E-state index in [4.69, 9.17) is 0 Å². The third-order valence-electron chi connectivity index (χ3n) is 3.27. The maximum absolute atomic E-state index is 11.9. The molecular weight excluding hydrogens is 222 g/mol. The second-order valence-electron chi connectivity index (χ2n) is 4.27. The van der Waals surface area contributed by atoms with E-state index in [1.54, 1.807) is 11.8 Å². The molecule has 1 atom stereocenters. The summed E-state index contributed by atoms with van der Waals surface area (Å²) in [6, 6.07) is 0. The summed E-state index contributed by atoms with van der Waals surface area (Å²) in [6.45, 7) is 6.15. The number of carbonyl (C=O) groups is 2. The Hall–Kier alpha value is -0.510.